The first-order chi connectivity index (χ1) is 10.5. The standard InChI is InChI=1S/C17H9F3N2/c18-17(19,20)16-21-14-9-5-4-8-13(14)15(22-16)11-10-12-6-2-1-3-7-12/h1-9H. The molecule has 0 radical (unpaired) electrons. The minimum atomic E-state index is -4.60. The van der Waals surface area contributed by atoms with E-state index < -0.39 is 12.0 Å². The van der Waals surface area contributed by atoms with Crippen molar-refractivity contribution in [3.05, 3.63) is 71.7 Å². The monoisotopic (exact) mass is 298 g/mol. The first kappa shape index (κ1) is 14.1. The van der Waals surface area contributed by atoms with Crippen LogP contribution in [0.3, 0.4) is 0 Å². The smallest absolute Gasteiger partial charge is 0.224 e. The maximum absolute atomic E-state index is 12.9. The second kappa shape index (κ2) is 5.49. The SMILES string of the molecule is FC(F)(F)c1nc(C#Cc2ccccc2)c2ccccc2n1. The van der Waals surface area contributed by atoms with Crippen molar-refractivity contribution in [1.29, 1.82) is 0 Å². The summed E-state index contributed by atoms with van der Waals surface area (Å²) in [7, 11) is 0. The van der Waals surface area contributed by atoms with Crippen LogP contribution in [0.1, 0.15) is 17.1 Å². The van der Waals surface area contributed by atoms with Gasteiger partial charge in [-0.3, -0.25) is 0 Å². The number of hydrogen-bond donors (Lipinski definition) is 0. The zero-order chi connectivity index (χ0) is 15.6. The van der Waals surface area contributed by atoms with Gasteiger partial charge in [0, 0.05) is 10.9 Å². The van der Waals surface area contributed by atoms with Crippen LogP contribution in [0.4, 0.5) is 13.2 Å². The molecule has 2 nitrogen and oxygen atoms in total. The second-order valence-electron chi connectivity index (χ2n) is 4.53. The molecule has 1 aromatic heterocycles. The molecule has 108 valence electrons. The molecule has 0 bridgehead atoms. The summed E-state index contributed by atoms with van der Waals surface area (Å²) in [6.45, 7) is 0. The zero-order valence-electron chi connectivity index (χ0n) is 11.2. The number of rotatable bonds is 0. The highest BCUT2D eigenvalue weighted by Crippen LogP contribution is 2.28. The number of nitrogens with zero attached hydrogens (tertiary/aromatic N) is 2. The molecule has 22 heavy (non-hydrogen) atoms. The van der Waals surface area contributed by atoms with E-state index in [0.717, 1.165) is 0 Å². The van der Waals surface area contributed by atoms with Crippen molar-refractivity contribution >= 4 is 10.9 Å². The van der Waals surface area contributed by atoms with Crippen LogP contribution in [0, 0.1) is 11.8 Å². The van der Waals surface area contributed by atoms with Crippen LogP contribution in [0.15, 0.2) is 54.6 Å². The van der Waals surface area contributed by atoms with Gasteiger partial charge in [0.1, 0.15) is 5.69 Å². The molecule has 3 aromatic rings. The normalized spacial score (nSPS) is 11.0. The Morgan fingerprint density at radius 3 is 2.18 bits per heavy atom. The minimum Gasteiger partial charge on any atom is -0.224 e. The van der Waals surface area contributed by atoms with Crippen LogP contribution in [-0.2, 0) is 6.18 Å². The minimum absolute atomic E-state index is 0.0711. The van der Waals surface area contributed by atoms with E-state index in [2.05, 4.69) is 21.8 Å². The Hall–Kier alpha value is -2.87. The van der Waals surface area contributed by atoms with E-state index >= 15 is 0 Å². The molecule has 0 fully saturated rings. The molecule has 2 aromatic carbocycles. The fraction of sp³-hybridized carbons (Fsp3) is 0.0588. The van der Waals surface area contributed by atoms with Gasteiger partial charge < -0.3 is 0 Å². The fourth-order valence-electron chi connectivity index (χ4n) is 1.95. The van der Waals surface area contributed by atoms with E-state index in [1.165, 1.54) is 6.07 Å². The van der Waals surface area contributed by atoms with Gasteiger partial charge >= 0.3 is 6.18 Å². The molecular formula is C17H9F3N2. The Morgan fingerprint density at radius 1 is 0.773 bits per heavy atom. The molecule has 1 heterocycles. The van der Waals surface area contributed by atoms with E-state index in [1.807, 2.05) is 18.2 Å². The van der Waals surface area contributed by atoms with Gasteiger partial charge in [0.2, 0.25) is 5.82 Å². The third-order valence-corrected chi connectivity index (χ3v) is 2.96. The van der Waals surface area contributed by atoms with Crippen LogP contribution in [0.25, 0.3) is 10.9 Å². The Morgan fingerprint density at radius 2 is 1.45 bits per heavy atom. The molecule has 0 saturated heterocycles. The molecule has 5 heteroatoms. The van der Waals surface area contributed by atoms with Crippen molar-refractivity contribution in [2.75, 3.05) is 0 Å². The van der Waals surface area contributed by atoms with Gasteiger partial charge in [-0.05, 0) is 30.2 Å². The number of halogens is 3. The third-order valence-electron chi connectivity index (χ3n) is 2.96. The summed E-state index contributed by atoms with van der Waals surface area (Å²) < 4.78 is 38.7. The van der Waals surface area contributed by atoms with E-state index in [1.54, 1.807) is 30.3 Å². The topological polar surface area (TPSA) is 25.8 Å². The second-order valence-corrected chi connectivity index (χ2v) is 4.53. The lowest BCUT2D eigenvalue weighted by atomic mass is 10.1. The summed E-state index contributed by atoms with van der Waals surface area (Å²) in [5, 5.41) is 0.499. The molecule has 0 spiro atoms. The van der Waals surface area contributed by atoms with Crippen molar-refractivity contribution in [1.82, 2.24) is 9.97 Å². The van der Waals surface area contributed by atoms with Crippen molar-refractivity contribution < 1.29 is 13.2 Å². The molecule has 0 N–H and O–H groups in total. The average molecular weight is 298 g/mol. The number of hydrogen-bond acceptors (Lipinski definition) is 2. The number of fused-ring (bicyclic) bond motifs is 1. The molecule has 0 saturated carbocycles. The van der Waals surface area contributed by atoms with Gasteiger partial charge in [-0.25, -0.2) is 9.97 Å². The van der Waals surface area contributed by atoms with Gasteiger partial charge in [0.15, 0.2) is 0 Å². The molecule has 0 aliphatic carbocycles. The third kappa shape index (κ3) is 2.91. The maximum Gasteiger partial charge on any atom is 0.451 e. The van der Waals surface area contributed by atoms with Gasteiger partial charge in [-0.1, -0.05) is 36.3 Å². The van der Waals surface area contributed by atoms with Gasteiger partial charge in [0.05, 0.1) is 5.52 Å². The van der Waals surface area contributed by atoms with E-state index in [9.17, 15) is 13.2 Å². The Labute approximate surface area is 124 Å². The lowest BCUT2D eigenvalue weighted by Crippen LogP contribution is -2.12. The first-order valence-corrected chi connectivity index (χ1v) is 6.45. The number of alkyl halides is 3. The van der Waals surface area contributed by atoms with Crippen molar-refractivity contribution in [2.24, 2.45) is 0 Å². The summed E-state index contributed by atoms with van der Waals surface area (Å²) >= 11 is 0. The number of aromatic nitrogens is 2. The summed E-state index contributed by atoms with van der Waals surface area (Å²) in [5.74, 6) is 4.36. The van der Waals surface area contributed by atoms with Crippen molar-refractivity contribution in [3.63, 3.8) is 0 Å². The lowest BCUT2D eigenvalue weighted by Gasteiger charge is -2.07. The highest BCUT2D eigenvalue weighted by Gasteiger charge is 2.35. The molecule has 0 amide bonds. The predicted octanol–water partition coefficient (Wildman–Crippen LogP) is 4.05. The molecule has 0 atom stereocenters. The van der Waals surface area contributed by atoms with Crippen LogP contribution in [0.2, 0.25) is 0 Å². The first-order valence-electron chi connectivity index (χ1n) is 6.45. The Balaban J connectivity index is 2.18. The van der Waals surface area contributed by atoms with E-state index in [0.29, 0.717) is 10.9 Å². The van der Waals surface area contributed by atoms with Crippen LogP contribution in [-0.4, -0.2) is 9.97 Å². The lowest BCUT2D eigenvalue weighted by molar-refractivity contribution is -0.144. The predicted molar refractivity (Wildman–Crippen MR) is 77.0 cm³/mol. The Kier molecular flexibility index (Phi) is 3.51. The summed E-state index contributed by atoms with van der Waals surface area (Å²) in [6.07, 6.45) is -4.60. The van der Waals surface area contributed by atoms with Gasteiger partial charge in [-0.2, -0.15) is 13.2 Å². The maximum atomic E-state index is 12.9. The number of para-hydroxylation sites is 1. The highest BCUT2D eigenvalue weighted by atomic mass is 19.4. The fourth-order valence-corrected chi connectivity index (χ4v) is 1.95. The summed E-state index contributed by atoms with van der Waals surface area (Å²) in [5.41, 5.74) is 1.00. The molecule has 3 rings (SSSR count). The Bertz CT molecular complexity index is 875. The molecule has 0 aliphatic rings. The summed E-state index contributed by atoms with van der Waals surface area (Å²) in [6, 6.07) is 15.5. The van der Waals surface area contributed by atoms with Crippen LogP contribution < -0.4 is 0 Å². The quantitative estimate of drug-likeness (QED) is 0.585. The van der Waals surface area contributed by atoms with Crippen molar-refractivity contribution in [3.8, 4) is 11.8 Å². The van der Waals surface area contributed by atoms with E-state index in [4.69, 9.17) is 0 Å². The van der Waals surface area contributed by atoms with E-state index in [-0.39, 0.29) is 11.2 Å². The van der Waals surface area contributed by atoms with Crippen LogP contribution >= 0.6 is 0 Å². The number of benzene rings is 2. The average Bonchev–Trinajstić information content (AvgIpc) is 2.52. The van der Waals surface area contributed by atoms with Crippen molar-refractivity contribution in [2.45, 2.75) is 6.18 Å². The van der Waals surface area contributed by atoms with Gasteiger partial charge in [-0.15, -0.1) is 0 Å². The largest absolute Gasteiger partial charge is 0.451 e. The molecular weight excluding hydrogens is 289 g/mol. The van der Waals surface area contributed by atoms with Crippen LogP contribution in [0.5, 0.6) is 0 Å². The zero-order valence-corrected chi connectivity index (χ0v) is 11.2. The highest BCUT2D eigenvalue weighted by molar-refractivity contribution is 5.83. The molecule has 0 aliphatic heterocycles. The summed E-state index contributed by atoms with van der Waals surface area (Å²) in [4.78, 5) is 7.14. The molecule has 0 unspecified atom stereocenters. The van der Waals surface area contributed by atoms with Gasteiger partial charge in [0.25, 0.3) is 0 Å².